The summed E-state index contributed by atoms with van der Waals surface area (Å²) in [6, 6.07) is 0. The number of benzene rings is 1. The minimum Gasteiger partial charge on any atom is -0.251 e. The lowest BCUT2D eigenvalue weighted by Crippen LogP contribution is -2.11. The van der Waals surface area contributed by atoms with Crippen molar-refractivity contribution >= 4 is 117 Å². The summed E-state index contributed by atoms with van der Waals surface area (Å²) >= 11 is 38.8. The van der Waals surface area contributed by atoms with Gasteiger partial charge >= 0.3 is 0 Å². The van der Waals surface area contributed by atoms with Crippen LogP contribution in [0, 0.1) is 0 Å². The van der Waals surface area contributed by atoms with Gasteiger partial charge in [0.2, 0.25) is 1.47 Å². The molecule has 10 heteroatoms. The molecule has 1 atom stereocenters. The van der Waals surface area contributed by atoms with Gasteiger partial charge in [0, 0.05) is 0 Å². The van der Waals surface area contributed by atoms with Gasteiger partial charge in [0.25, 0.3) is 0 Å². The molecule has 0 saturated carbocycles. The van der Waals surface area contributed by atoms with E-state index in [-0.39, 0.29) is 30.0 Å². The van der Waals surface area contributed by atoms with Gasteiger partial charge in [-0.2, -0.15) is 0 Å². The third-order valence-corrected chi connectivity index (χ3v) is 7.91. The van der Waals surface area contributed by atoms with Crippen LogP contribution in [0.4, 0.5) is 0 Å². The molecule has 0 aliphatic rings. The van der Waals surface area contributed by atoms with Crippen LogP contribution in [0.1, 0.15) is 0 Å². The van der Waals surface area contributed by atoms with Crippen LogP contribution in [0.5, 0.6) is 0 Å². The van der Waals surface area contributed by atoms with Crippen molar-refractivity contribution in [2.45, 2.75) is 6.37 Å². The van der Waals surface area contributed by atoms with Gasteiger partial charge in [0.1, 0.15) is 0 Å². The van der Waals surface area contributed by atoms with Gasteiger partial charge in [-0.15, -0.1) is 0 Å². The molecular weight excluding hydrogens is 549 g/mol. The summed E-state index contributed by atoms with van der Waals surface area (Å²) in [6.45, 7) is 0. The molecule has 0 heterocycles. The van der Waals surface area contributed by atoms with Crippen LogP contribution in [0.3, 0.4) is 0 Å². The average molecular weight is 549 g/mol. The van der Waals surface area contributed by atoms with Gasteiger partial charge in [-0.25, -0.2) is 0 Å². The summed E-state index contributed by atoms with van der Waals surface area (Å²) in [5, 5.41) is 0.0123. The first-order valence-electron chi connectivity index (χ1n) is 3.59. The van der Waals surface area contributed by atoms with Crippen molar-refractivity contribution in [3.05, 3.63) is 25.1 Å². The Morgan fingerprint density at radius 2 is 1.06 bits per heavy atom. The molecule has 0 radical (unpaired) electrons. The van der Waals surface area contributed by atoms with Crippen LogP contribution in [-0.4, -0.2) is 5.68 Å². The minimum atomic E-state index is -1.69. The first kappa shape index (κ1) is 17.3. The zero-order chi connectivity index (χ0) is 13.5. The predicted molar refractivity (Wildman–Crippen MR) is 87.4 cm³/mol. The lowest BCUT2D eigenvalue weighted by atomic mass is 10.3. The second-order valence-electron chi connectivity index (χ2n) is 2.61. The number of rotatable bonds is 1. The zero-order valence-electron chi connectivity index (χ0n) is 7.34. The smallest absolute Gasteiger partial charge is 0.213 e. The number of hydrogen-bond acceptors (Lipinski definition) is 1. The number of halogens is 8. The topological polar surface area (TPSA) is 17.1 Å². The summed E-state index contributed by atoms with van der Waals surface area (Å²) in [5.74, 6) is 0. The second-order valence-corrected chi connectivity index (χ2v) is 14.4. The van der Waals surface area contributed by atoms with Crippen LogP contribution in [0.15, 0.2) is 4.90 Å². The van der Waals surface area contributed by atoms with Gasteiger partial charge in [-0.05, 0) is 47.8 Å². The molecular formula is C7Br3Cl5OS. The van der Waals surface area contributed by atoms with E-state index in [1.54, 1.807) is 0 Å². The fraction of sp³-hybridized carbons (Fsp3) is 0.143. The van der Waals surface area contributed by atoms with Crippen LogP contribution in [0.25, 0.3) is 0 Å². The maximum absolute atomic E-state index is 12.2. The molecule has 0 spiro atoms. The quantitative estimate of drug-likeness (QED) is 0.213. The van der Waals surface area contributed by atoms with Gasteiger partial charge in [-0.3, -0.25) is 4.21 Å². The third-order valence-electron chi connectivity index (χ3n) is 1.57. The van der Waals surface area contributed by atoms with E-state index in [1.807, 2.05) is 0 Å². The second kappa shape index (κ2) is 6.35. The van der Waals surface area contributed by atoms with Crippen molar-refractivity contribution < 1.29 is 4.21 Å². The highest BCUT2D eigenvalue weighted by atomic mass is 80.0. The van der Waals surface area contributed by atoms with Crippen LogP contribution < -0.4 is 0 Å². The van der Waals surface area contributed by atoms with E-state index >= 15 is 0 Å². The van der Waals surface area contributed by atoms with E-state index in [9.17, 15) is 4.21 Å². The fourth-order valence-corrected chi connectivity index (χ4v) is 4.75. The molecule has 0 N–H and O–H groups in total. The van der Waals surface area contributed by atoms with E-state index in [0.717, 1.165) is 0 Å². The van der Waals surface area contributed by atoms with Crippen molar-refractivity contribution in [2.75, 3.05) is 0 Å². The van der Waals surface area contributed by atoms with E-state index < -0.39 is 12.3 Å². The Morgan fingerprint density at radius 3 is 1.35 bits per heavy atom. The van der Waals surface area contributed by atoms with Gasteiger partial charge in [-0.1, -0.05) is 58.0 Å². The van der Waals surface area contributed by atoms with E-state index in [1.165, 1.54) is 0 Å². The normalized spacial score (nSPS) is 13.9. The molecule has 1 aromatic carbocycles. The Balaban J connectivity index is 3.62. The van der Waals surface area contributed by atoms with Crippen molar-refractivity contribution in [3.8, 4) is 0 Å². The molecule has 1 aromatic rings. The molecule has 17 heavy (non-hydrogen) atoms. The summed E-state index contributed by atoms with van der Waals surface area (Å²) in [5.41, 5.74) is 0. The molecule has 1 unspecified atom stereocenters. The Morgan fingerprint density at radius 1 is 0.765 bits per heavy atom. The van der Waals surface area contributed by atoms with Crippen molar-refractivity contribution in [3.63, 3.8) is 0 Å². The SMILES string of the molecule is O=S(c1c(Cl)c(Cl)c(Cl)c(Cl)c1Cl)C(Br)(Br)Br. The van der Waals surface area contributed by atoms with Crippen molar-refractivity contribution in [1.29, 1.82) is 0 Å². The molecule has 0 aliphatic carbocycles. The number of alkyl halides is 3. The van der Waals surface area contributed by atoms with E-state index in [0.29, 0.717) is 0 Å². The molecule has 96 valence electrons. The molecule has 0 aromatic heterocycles. The Kier molecular flexibility index (Phi) is 6.47. The molecule has 0 saturated heterocycles. The van der Waals surface area contributed by atoms with E-state index in [4.69, 9.17) is 58.0 Å². The summed E-state index contributed by atoms with van der Waals surface area (Å²) in [7, 11) is -1.69. The number of hydrogen-bond donors (Lipinski definition) is 0. The highest BCUT2D eigenvalue weighted by Gasteiger charge is 2.34. The third kappa shape index (κ3) is 3.67. The van der Waals surface area contributed by atoms with E-state index in [2.05, 4.69) is 47.8 Å². The lowest BCUT2D eigenvalue weighted by molar-refractivity contribution is 0.685. The largest absolute Gasteiger partial charge is 0.251 e. The van der Waals surface area contributed by atoms with Crippen LogP contribution in [-0.2, 0) is 10.8 Å². The molecule has 1 nitrogen and oxygen atoms in total. The predicted octanol–water partition coefficient (Wildman–Crippen LogP) is 6.86. The average Bonchev–Trinajstić information content (AvgIpc) is 2.22. The summed E-state index contributed by atoms with van der Waals surface area (Å²) in [6.07, 6.45) is 0. The molecule has 0 aliphatic heterocycles. The van der Waals surface area contributed by atoms with Crippen LogP contribution >= 0.6 is 106 Å². The molecule has 0 bridgehead atoms. The van der Waals surface area contributed by atoms with Crippen molar-refractivity contribution in [1.82, 2.24) is 0 Å². The highest BCUT2D eigenvalue weighted by Crippen LogP contribution is 2.50. The Labute approximate surface area is 150 Å². The zero-order valence-corrected chi connectivity index (χ0v) is 16.7. The van der Waals surface area contributed by atoms with Crippen molar-refractivity contribution in [2.24, 2.45) is 0 Å². The molecule has 0 amide bonds. The fourth-order valence-electron chi connectivity index (χ4n) is 0.863. The lowest BCUT2D eigenvalue weighted by Gasteiger charge is -2.16. The van der Waals surface area contributed by atoms with Crippen LogP contribution in [0.2, 0.25) is 25.1 Å². The maximum Gasteiger partial charge on any atom is 0.213 e. The summed E-state index contributed by atoms with van der Waals surface area (Å²) < 4.78 is 11.1. The Hall–Kier alpha value is 2.26. The maximum atomic E-state index is 12.2. The first-order valence-corrected chi connectivity index (χ1v) is 9.01. The van der Waals surface area contributed by atoms with Gasteiger partial charge in [0.15, 0.2) is 0 Å². The first-order chi connectivity index (χ1) is 7.59. The van der Waals surface area contributed by atoms with Gasteiger partial charge in [0.05, 0.1) is 40.8 Å². The van der Waals surface area contributed by atoms with Gasteiger partial charge < -0.3 is 0 Å². The molecule has 0 fully saturated rings. The molecule has 1 rings (SSSR count). The monoisotopic (exact) mass is 544 g/mol. The summed E-state index contributed by atoms with van der Waals surface area (Å²) in [4.78, 5) is 0.0818. The standard InChI is InChI=1S/C7Br3Cl5OS/c8-7(9,10)17(16)6-4(14)2(12)1(11)3(13)5(6)15. The minimum absolute atomic E-state index is 0.00262. The Bertz CT molecular complexity index is 472. The highest BCUT2D eigenvalue weighted by molar-refractivity contribution is 9.42.